The van der Waals surface area contributed by atoms with Crippen LogP contribution in [0.15, 0.2) is 24.3 Å². The normalized spacial score (nSPS) is 25.4. The Morgan fingerprint density at radius 2 is 2.20 bits per heavy atom. The molecule has 0 spiro atoms. The van der Waals surface area contributed by atoms with Crippen molar-refractivity contribution in [2.24, 2.45) is 0 Å². The van der Waals surface area contributed by atoms with Crippen LogP contribution in [0.4, 0.5) is 0 Å². The van der Waals surface area contributed by atoms with Gasteiger partial charge in [0, 0.05) is 10.8 Å². The summed E-state index contributed by atoms with van der Waals surface area (Å²) in [6.45, 7) is 0. The van der Waals surface area contributed by atoms with E-state index < -0.39 is 11.4 Å². The molecule has 1 aliphatic heterocycles. The number of aliphatic carboxylic acids is 1. The number of benzene rings is 1. The highest BCUT2D eigenvalue weighted by Gasteiger charge is 2.44. The molecule has 0 aliphatic carbocycles. The smallest absolute Gasteiger partial charge is 0.315 e. The van der Waals surface area contributed by atoms with Gasteiger partial charge >= 0.3 is 5.97 Å². The molecule has 2 rings (SSSR count). The fourth-order valence-electron chi connectivity index (χ4n) is 1.91. The number of carboxylic acids is 1. The second kappa shape index (κ2) is 4.06. The first kappa shape index (κ1) is 10.8. The van der Waals surface area contributed by atoms with Gasteiger partial charge in [0.1, 0.15) is 5.41 Å². The molecule has 0 amide bonds. The Morgan fingerprint density at radius 1 is 1.47 bits per heavy atom. The van der Waals surface area contributed by atoms with Gasteiger partial charge in [0.05, 0.1) is 0 Å². The fourth-order valence-corrected chi connectivity index (χ4v) is 3.64. The van der Waals surface area contributed by atoms with Crippen LogP contribution in [-0.2, 0) is 10.2 Å². The lowest BCUT2D eigenvalue weighted by molar-refractivity contribution is -0.142. The van der Waals surface area contributed by atoms with Gasteiger partial charge in [0.15, 0.2) is 0 Å². The molecule has 1 fully saturated rings. The minimum Gasteiger partial charge on any atom is -0.481 e. The summed E-state index contributed by atoms with van der Waals surface area (Å²) in [7, 11) is 0. The van der Waals surface area contributed by atoms with Crippen molar-refractivity contribution in [3.63, 3.8) is 0 Å². The number of carbonyl (C=O) groups is 1. The highest BCUT2D eigenvalue weighted by atomic mass is 35.5. The summed E-state index contributed by atoms with van der Waals surface area (Å²) >= 11 is 7.74. The Kier molecular flexibility index (Phi) is 2.94. The number of rotatable bonds is 2. The maximum atomic E-state index is 11.4. The van der Waals surface area contributed by atoms with Gasteiger partial charge in [-0.25, -0.2) is 0 Å². The molecule has 0 radical (unpaired) electrons. The Morgan fingerprint density at radius 3 is 2.73 bits per heavy atom. The molecule has 1 unspecified atom stereocenters. The minimum atomic E-state index is -0.775. The van der Waals surface area contributed by atoms with Crippen LogP contribution in [0.5, 0.6) is 0 Å². The number of hydrogen-bond donors (Lipinski definition) is 1. The SMILES string of the molecule is O=C(O)C1(c2ccccc2Cl)CCSC1. The monoisotopic (exact) mass is 242 g/mol. The molecule has 80 valence electrons. The van der Waals surface area contributed by atoms with Gasteiger partial charge in [-0.15, -0.1) is 0 Å². The van der Waals surface area contributed by atoms with Gasteiger partial charge in [-0.3, -0.25) is 4.79 Å². The summed E-state index contributed by atoms with van der Waals surface area (Å²) < 4.78 is 0. The van der Waals surface area contributed by atoms with Crippen molar-refractivity contribution >= 4 is 29.3 Å². The zero-order valence-corrected chi connectivity index (χ0v) is 9.64. The topological polar surface area (TPSA) is 37.3 Å². The van der Waals surface area contributed by atoms with Crippen molar-refractivity contribution in [2.45, 2.75) is 11.8 Å². The van der Waals surface area contributed by atoms with E-state index in [0.717, 1.165) is 11.3 Å². The molecule has 1 aromatic carbocycles. The largest absolute Gasteiger partial charge is 0.481 e. The van der Waals surface area contributed by atoms with Crippen LogP contribution < -0.4 is 0 Å². The van der Waals surface area contributed by atoms with E-state index in [1.165, 1.54) is 0 Å². The molecule has 1 N–H and O–H groups in total. The molecule has 1 aromatic rings. The predicted octanol–water partition coefficient (Wildman–Crippen LogP) is 2.80. The third-order valence-electron chi connectivity index (χ3n) is 2.82. The van der Waals surface area contributed by atoms with E-state index in [2.05, 4.69) is 0 Å². The van der Waals surface area contributed by atoms with Crippen LogP contribution in [0.25, 0.3) is 0 Å². The second-order valence-corrected chi connectivity index (χ2v) is 5.18. The number of halogens is 1. The van der Waals surface area contributed by atoms with E-state index in [1.54, 1.807) is 17.8 Å². The summed E-state index contributed by atoms with van der Waals surface area (Å²) in [4.78, 5) is 11.4. The minimum absolute atomic E-state index is 0.558. The first-order valence-corrected chi connectivity index (χ1v) is 6.26. The van der Waals surface area contributed by atoms with Crippen molar-refractivity contribution in [3.8, 4) is 0 Å². The summed E-state index contributed by atoms with van der Waals surface area (Å²) in [5.41, 5.74) is -0.0209. The van der Waals surface area contributed by atoms with Gasteiger partial charge in [-0.2, -0.15) is 11.8 Å². The number of hydrogen-bond acceptors (Lipinski definition) is 2. The predicted molar refractivity (Wildman–Crippen MR) is 62.7 cm³/mol. The highest BCUT2D eigenvalue weighted by molar-refractivity contribution is 7.99. The van der Waals surface area contributed by atoms with E-state index in [9.17, 15) is 9.90 Å². The lowest BCUT2D eigenvalue weighted by Crippen LogP contribution is -2.35. The van der Waals surface area contributed by atoms with Gasteiger partial charge in [-0.05, 0) is 23.8 Å². The molecule has 15 heavy (non-hydrogen) atoms. The van der Waals surface area contributed by atoms with Crippen LogP contribution in [0, 0.1) is 0 Å². The Balaban J connectivity index is 2.50. The molecule has 1 atom stereocenters. The zero-order valence-electron chi connectivity index (χ0n) is 8.07. The van der Waals surface area contributed by atoms with Gasteiger partial charge in [-0.1, -0.05) is 29.8 Å². The van der Waals surface area contributed by atoms with Crippen LogP contribution in [0.1, 0.15) is 12.0 Å². The molecule has 4 heteroatoms. The van der Waals surface area contributed by atoms with E-state index in [0.29, 0.717) is 17.2 Å². The average molecular weight is 243 g/mol. The van der Waals surface area contributed by atoms with Crippen molar-refractivity contribution in [1.82, 2.24) is 0 Å². The number of carboxylic acid groups (broad SMARTS) is 1. The molecule has 1 heterocycles. The molecule has 0 aromatic heterocycles. The van der Waals surface area contributed by atoms with Gasteiger partial charge in [0.25, 0.3) is 0 Å². The lowest BCUT2D eigenvalue weighted by atomic mass is 9.80. The van der Waals surface area contributed by atoms with Crippen LogP contribution >= 0.6 is 23.4 Å². The third-order valence-corrected chi connectivity index (χ3v) is 4.34. The first-order valence-electron chi connectivity index (χ1n) is 4.73. The maximum absolute atomic E-state index is 11.4. The van der Waals surface area contributed by atoms with Crippen molar-refractivity contribution < 1.29 is 9.90 Å². The lowest BCUT2D eigenvalue weighted by Gasteiger charge is -2.24. The fraction of sp³-hybridized carbons (Fsp3) is 0.364. The second-order valence-electron chi connectivity index (χ2n) is 3.67. The zero-order chi connectivity index (χ0) is 10.9. The van der Waals surface area contributed by atoms with Gasteiger partial charge < -0.3 is 5.11 Å². The highest BCUT2D eigenvalue weighted by Crippen LogP contribution is 2.42. The molecular weight excluding hydrogens is 232 g/mol. The Labute approximate surface area is 97.6 Å². The number of thioether (sulfide) groups is 1. The standard InChI is InChI=1S/C11H11ClO2S/c12-9-4-2-1-3-8(9)11(10(13)14)5-6-15-7-11/h1-4H,5-7H2,(H,13,14). The Bertz CT molecular complexity index is 386. The molecule has 2 nitrogen and oxygen atoms in total. The van der Waals surface area contributed by atoms with E-state index >= 15 is 0 Å². The molecule has 1 saturated heterocycles. The quantitative estimate of drug-likeness (QED) is 0.867. The van der Waals surface area contributed by atoms with Crippen molar-refractivity contribution in [2.75, 3.05) is 11.5 Å². The van der Waals surface area contributed by atoms with E-state index in [4.69, 9.17) is 11.6 Å². The van der Waals surface area contributed by atoms with Crippen LogP contribution in [0.2, 0.25) is 5.02 Å². The molecule has 0 saturated carbocycles. The van der Waals surface area contributed by atoms with Crippen LogP contribution in [0.3, 0.4) is 0 Å². The van der Waals surface area contributed by atoms with Crippen molar-refractivity contribution in [1.29, 1.82) is 0 Å². The third kappa shape index (κ3) is 1.74. The van der Waals surface area contributed by atoms with Gasteiger partial charge in [0.2, 0.25) is 0 Å². The Hall–Kier alpha value is -0.670. The molecule has 0 bridgehead atoms. The van der Waals surface area contributed by atoms with E-state index in [-0.39, 0.29) is 0 Å². The van der Waals surface area contributed by atoms with Crippen molar-refractivity contribution in [3.05, 3.63) is 34.9 Å². The molecular formula is C11H11ClO2S. The first-order chi connectivity index (χ1) is 7.17. The summed E-state index contributed by atoms with van der Waals surface area (Å²) in [5.74, 6) is 0.740. The van der Waals surface area contributed by atoms with Crippen LogP contribution in [-0.4, -0.2) is 22.6 Å². The molecule has 1 aliphatic rings. The summed E-state index contributed by atoms with van der Waals surface area (Å²) in [5, 5.41) is 9.93. The summed E-state index contributed by atoms with van der Waals surface area (Å²) in [6, 6.07) is 7.24. The maximum Gasteiger partial charge on any atom is 0.315 e. The average Bonchev–Trinajstić information content (AvgIpc) is 2.68. The summed E-state index contributed by atoms with van der Waals surface area (Å²) in [6.07, 6.45) is 0.663. The van der Waals surface area contributed by atoms with E-state index in [1.807, 2.05) is 18.2 Å².